The molecule has 21 heavy (non-hydrogen) atoms. The number of hydrogen-bond acceptors (Lipinski definition) is 4. The van der Waals surface area contributed by atoms with Crippen LogP contribution >= 0.6 is 0 Å². The van der Waals surface area contributed by atoms with Gasteiger partial charge in [0.15, 0.2) is 0 Å². The summed E-state index contributed by atoms with van der Waals surface area (Å²) in [5, 5.41) is 7.90. The second kappa shape index (κ2) is 7.88. The lowest BCUT2D eigenvalue weighted by Gasteiger charge is -2.18. The molecule has 2 heterocycles. The summed E-state index contributed by atoms with van der Waals surface area (Å²) in [5.74, 6) is 1.03. The fourth-order valence-electron chi connectivity index (χ4n) is 2.34. The van der Waals surface area contributed by atoms with Crippen LogP contribution in [0.2, 0.25) is 0 Å². The van der Waals surface area contributed by atoms with Crippen LogP contribution in [0.3, 0.4) is 0 Å². The zero-order valence-electron chi connectivity index (χ0n) is 13.2. The summed E-state index contributed by atoms with van der Waals surface area (Å²) < 4.78 is 2.00. The summed E-state index contributed by atoms with van der Waals surface area (Å²) >= 11 is 0. The minimum absolute atomic E-state index is 0.234. The Labute approximate surface area is 126 Å². The van der Waals surface area contributed by atoms with Crippen molar-refractivity contribution in [2.75, 3.05) is 6.54 Å². The highest BCUT2D eigenvalue weighted by Gasteiger charge is 2.15. The molecule has 0 aliphatic rings. The fourth-order valence-corrected chi connectivity index (χ4v) is 2.34. The summed E-state index contributed by atoms with van der Waals surface area (Å²) in [5.41, 5.74) is 2.25. The quantitative estimate of drug-likeness (QED) is 0.811. The summed E-state index contributed by atoms with van der Waals surface area (Å²) in [6.45, 7) is 8.25. The lowest BCUT2D eigenvalue weighted by molar-refractivity contribution is 0.487. The molecule has 0 aliphatic carbocycles. The van der Waals surface area contributed by atoms with Gasteiger partial charge in [0.2, 0.25) is 0 Å². The molecule has 0 aromatic carbocycles. The number of rotatable bonds is 8. The van der Waals surface area contributed by atoms with Gasteiger partial charge >= 0.3 is 0 Å². The molecule has 2 aromatic heterocycles. The monoisotopic (exact) mass is 287 g/mol. The van der Waals surface area contributed by atoms with Crippen LogP contribution in [0.1, 0.15) is 49.8 Å². The molecule has 1 atom stereocenters. The molecular weight excluding hydrogens is 262 g/mol. The second-order valence-electron chi connectivity index (χ2n) is 5.34. The van der Waals surface area contributed by atoms with E-state index in [1.165, 1.54) is 5.56 Å². The van der Waals surface area contributed by atoms with Crippen molar-refractivity contribution in [2.24, 2.45) is 0 Å². The zero-order chi connectivity index (χ0) is 15.1. The Kier molecular flexibility index (Phi) is 5.87. The molecule has 5 nitrogen and oxygen atoms in total. The number of aryl methyl sites for hydroxylation is 2. The van der Waals surface area contributed by atoms with Crippen molar-refractivity contribution >= 4 is 0 Å². The lowest BCUT2D eigenvalue weighted by atomic mass is 10.0. The van der Waals surface area contributed by atoms with E-state index in [4.69, 9.17) is 0 Å². The molecule has 0 aliphatic heterocycles. The van der Waals surface area contributed by atoms with Gasteiger partial charge in [-0.3, -0.25) is 9.67 Å². The Balaban J connectivity index is 2.15. The van der Waals surface area contributed by atoms with E-state index < -0.39 is 0 Å². The summed E-state index contributed by atoms with van der Waals surface area (Å²) in [4.78, 5) is 8.83. The summed E-state index contributed by atoms with van der Waals surface area (Å²) in [6, 6.07) is 4.45. The van der Waals surface area contributed by atoms with E-state index in [1.807, 2.05) is 17.8 Å². The standard InChI is InChI=1S/C16H25N5/c1-4-8-17-15(14-7-6-13(3)18-11-14)10-16-19-12-20-21(16)9-5-2/h6-7,11-12,15,17H,4-5,8-10H2,1-3H3. The first-order chi connectivity index (χ1) is 10.2. The first-order valence-corrected chi connectivity index (χ1v) is 7.77. The number of aromatic nitrogens is 4. The van der Waals surface area contributed by atoms with Gasteiger partial charge in [0, 0.05) is 30.9 Å². The van der Waals surface area contributed by atoms with Crippen LogP contribution in [0.5, 0.6) is 0 Å². The second-order valence-corrected chi connectivity index (χ2v) is 5.34. The average Bonchev–Trinajstić information content (AvgIpc) is 2.92. The molecular formula is C16H25N5. The molecule has 0 bridgehead atoms. The molecule has 0 radical (unpaired) electrons. The molecule has 114 valence electrons. The van der Waals surface area contributed by atoms with Crippen LogP contribution in [0.25, 0.3) is 0 Å². The van der Waals surface area contributed by atoms with E-state index in [0.29, 0.717) is 0 Å². The zero-order valence-corrected chi connectivity index (χ0v) is 13.2. The highest BCUT2D eigenvalue weighted by molar-refractivity contribution is 5.18. The smallest absolute Gasteiger partial charge is 0.138 e. The molecule has 0 saturated heterocycles. The number of pyridine rings is 1. The molecule has 0 saturated carbocycles. The molecule has 1 N–H and O–H groups in total. The van der Waals surface area contributed by atoms with Gasteiger partial charge in [-0.15, -0.1) is 0 Å². The lowest BCUT2D eigenvalue weighted by Crippen LogP contribution is -2.25. The molecule has 0 amide bonds. The van der Waals surface area contributed by atoms with Gasteiger partial charge in [-0.25, -0.2) is 4.98 Å². The Morgan fingerprint density at radius 1 is 1.19 bits per heavy atom. The Hall–Kier alpha value is -1.75. The van der Waals surface area contributed by atoms with Crippen molar-refractivity contribution in [3.05, 3.63) is 41.7 Å². The van der Waals surface area contributed by atoms with E-state index in [0.717, 1.165) is 43.9 Å². The maximum absolute atomic E-state index is 4.42. The van der Waals surface area contributed by atoms with E-state index in [-0.39, 0.29) is 6.04 Å². The van der Waals surface area contributed by atoms with Crippen molar-refractivity contribution in [1.29, 1.82) is 0 Å². The van der Waals surface area contributed by atoms with Crippen LogP contribution < -0.4 is 5.32 Å². The largest absolute Gasteiger partial charge is 0.310 e. The van der Waals surface area contributed by atoms with Gasteiger partial charge in [-0.2, -0.15) is 5.10 Å². The Morgan fingerprint density at radius 3 is 2.71 bits per heavy atom. The molecule has 0 spiro atoms. The SMILES string of the molecule is CCCNC(Cc1ncnn1CCC)c1ccc(C)nc1. The summed E-state index contributed by atoms with van der Waals surface area (Å²) in [7, 11) is 0. The third kappa shape index (κ3) is 4.36. The minimum Gasteiger partial charge on any atom is -0.310 e. The Bertz CT molecular complexity index is 532. The van der Waals surface area contributed by atoms with Crippen molar-refractivity contribution in [1.82, 2.24) is 25.1 Å². The molecule has 1 unspecified atom stereocenters. The van der Waals surface area contributed by atoms with Gasteiger partial charge in [0.05, 0.1) is 0 Å². The van der Waals surface area contributed by atoms with Crippen LogP contribution in [0.4, 0.5) is 0 Å². The van der Waals surface area contributed by atoms with E-state index >= 15 is 0 Å². The average molecular weight is 287 g/mol. The van der Waals surface area contributed by atoms with Crippen LogP contribution in [0, 0.1) is 6.92 Å². The predicted octanol–water partition coefficient (Wildman–Crippen LogP) is 2.67. The van der Waals surface area contributed by atoms with Gasteiger partial charge in [0.1, 0.15) is 12.2 Å². The van der Waals surface area contributed by atoms with Crippen LogP contribution in [-0.4, -0.2) is 26.3 Å². The van der Waals surface area contributed by atoms with Crippen LogP contribution in [0.15, 0.2) is 24.7 Å². The van der Waals surface area contributed by atoms with Gasteiger partial charge in [-0.1, -0.05) is 19.9 Å². The highest BCUT2D eigenvalue weighted by atomic mass is 15.3. The molecule has 2 rings (SSSR count). The van der Waals surface area contributed by atoms with E-state index in [9.17, 15) is 0 Å². The summed E-state index contributed by atoms with van der Waals surface area (Å²) in [6.07, 6.45) is 6.62. The van der Waals surface area contributed by atoms with Gasteiger partial charge < -0.3 is 5.32 Å². The van der Waals surface area contributed by atoms with Crippen molar-refractivity contribution < 1.29 is 0 Å². The van der Waals surface area contributed by atoms with Crippen molar-refractivity contribution in [3.8, 4) is 0 Å². The maximum Gasteiger partial charge on any atom is 0.138 e. The van der Waals surface area contributed by atoms with E-state index in [2.05, 4.69) is 46.4 Å². The first kappa shape index (κ1) is 15.6. The van der Waals surface area contributed by atoms with Crippen molar-refractivity contribution in [3.63, 3.8) is 0 Å². The molecule has 2 aromatic rings. The topological polar surface area (TPSA) is 55.6 Å². The predicted molar refractivity (Wildman–Crippen MR) is 84.0 cm³/mol. The highest BCUT2D eigenvalue weighted by Crippen LogP contribution is 2.17. The third-order valence-corrected chi connectivity index (χ3v) is 3.50. The van der Waals surface area contributed by atoms with E-state index in [1.54, 1.807) is 6.33 Å². The third-order valence-electron chi connectivity index (χ3n) is 3.50. The Morgan fingerprint density at radius 2 is 2.05 bits per heavy atom. The minimum atomic E-state index is 0.234. The van der Waals surface area contributed by atoms with Crippen molar-refractivity contribution in [2.45, 2.75) is 52.6 Å². The number of hydrogen-bond donors (Lipinski definition) is 1. The van der Waals surface area contributed by atoms with Crippen LogP contribution in [-0.2, 0) is 13.0 Å². The maximum atomic E-state index is 4.42. The number of nitrogens with zero attached hydrogens (tertiary/aromatic N) is 4. The first-order valence-electron chi connectivity index (χ1n) is 7.77. The molecule has 0 fully saturated rings. The van der Waals surface area contributed by atoms with Gasteiger partial charge in [0.25, 0.3) is 0 Å². The number of nitrogens with one attached hydrogen (secondary N) is 1. The fraction of sp³-hybridized carbons (Fsp3) is 0.562. The molecule has 5 heteroatoms. The van der Waals surface area contributed by atoms with Gasteiger partial charge in [-0.05, 0) is 37.9 Å². The normalized spacial score (nSPS) is 12.5.